The number of carbonyl (C=O) groups is 2. The average molecular weight is 336 g/mol. The van der Waals surface area contributed by atoms with Crippen LogP contribution in [0.5, 0.6) is 0 Å². The maximum Gasteiger partial charge on any atom is 0.255 e. The van der Waals surface area contributed by atoms with Gasteiger partial charge >= 0.3 is 0 Å². The summed E-state index contributed by atoms with van der Waals surface area (Å²) in [6.45, 7) is 7.26. The molecule has 2 aromatic rings. The van der Waals surface area contributed by atoms with Gasteiger partial charge in [-0.25, -0.2) is 0 Å². The van der Waals surface area contributed by atoms with E-state index in [1.165, 1.54) is 5.56 Å². The Morgan fingerprint density at radius 3 is 2.44 bits per heavy atom. The summed E-state index contributed by atoms with van der Waals surface area (Å²) >= 11 is 0. The minimum atomic E-state index is -0.107. The highest BCUT2D eigenvalue weighted by Gasteiger charge is 2.20. The SMILES string of the molecule is CCC(=O)N1CCc2ccc(NC(=O)c3cc(C)cc(C)c3)cc2C1. The highest BCUT2D eigenvalue weighted by Crippen LogP contribution is 2.23. The standard InChI is InChI=1S/C21H24N2O2/c1-4-20(24)23-8-7-16-5-6-19(12-18(16)13-23)22-21(25)17-10-14(2)9-15(3)11-17/h5-6,9-12H,4,7-8,13H2,1-3H3,(H,22,25). The van der Waals surface area contributed by atoms with Crippen LogP contribution in [0, 0.1) is 13.8 Å². The largest absolute Gasteiger partial charge is 0.338 e. The number of aryl methyl sites for hydroxylation is 2. The van der Waals surface area contributed by atoms with Gasteiger partial charge in [0.1, 0.15) is 0 Å². The first-order chi connectivity index (χ1) is 12.0. The summed E-state index contributed by atoms with van der Waals surface area (Å²) in [6.07, 6.45) is 1.39. The molecular formula is C21H24N2O2. The predicted octanol–water partition coefficient (Wildman–Crippen LogP) is 3.85. The van der Waals surface area contributed by atoms with Crippen LogP contribution in [0.4, 0.5) is 5.69 Å². The zero-order valence-electron chi connectivity index (χ0n) is 15.1. The van der Waals surface area contributed by atoms with E-state index >= 15 is 0 Å². The number of hydrogen-bond acceptors (Lipinski definition) is 2. The number of fused-ring (bicyclic) bond motifs is 1. The first-order valence-corrected chi connectivity index (χ1v) is 8.75. The van der Waals surface area contributed by atoms with E-state index in [0.29, 0.717) is 18.5 Å². The van der Waals surface area contributed by atoms with Crippen molar-refractivity contribution in [1.82, 2.24) is 4.90 Å². The van der Waals surface area contributed by atoms with Gasteiger partial charge in [0, 0.05) is 30.8 Å². The normalized spacial score (nSPS) is 13.3. The number of nitrogens with one attached hydrogen (secondary N) is 1. The summed E-state index contributed by atoms with van der Waals surface area (Å²) in [7, 11) is 0. The van der Waals surface area contributed by atoms with Crippen LogP contribution in [0.2, 0.25) is 0 Å². The first-order valence-electron chi connectivity index (χ1n) is 8.75. The van der Waals surface area contributed by atoms with Gasteiger partial charge < -0.3 is 10.2 Å². The summed E-state index contributed by atoms with van der Waals surface area (Å²) in [4.78, 5) is 26.4. The Labute approximate surface area is 148 Å². The van der Waals surface area contributed by atoms with Crippen LogP contribution in [0.15, 0.2) is 36.4 Å². The van der Waals surface area contributed by atoms with Crippen molar-refractivity contribution in [3.63, 3.8) is 0 Å². The van der Waals surface area contributed by atoms with E-state index in [4.69, 9.17) is 0 Å². The van der Waals surface area contributed by atoms with Crippen LogP contribution < -0.4 is 5.32 Å². The summed E-state index contributed by atoms with van der Waals surface area (Å²) in [5.41, 5.74) is 5.95. The molecule has 2 amide bonds. The van der Waals surface area contributed by atoms with Crippen molar-refractivity contribution in [3.8, 4) is 0 Å². The van der Waals surface area contributed by atoms with Crippen LogP contribution in [0.25, 0.3) is 0 Å². The Hall–Kier alpha value is -2.62. The molecule has 0 unspecified atom stereocenters. The highest BCUT2D eigenvalue weighted by molar-refractivity contribution is 6.04. The van der Waals surface area contributed by atoms with Gasteiger partial charge in [0.15, 0.2) is 0 Å². The Balaban J connectivity index is 1.78. The lowest BCUT2D eigenvalue weighted by Crippen LogP contribution is -2.35. The Morgan fingerprint density at radius 1 is 1.04 bits per heavy atom. The van der Waals surface area contributed by atoms with Gasteiger partial charge in [0.2, 0.25) is 5.91 Å². The molecule has 0 aliphatic carbocycles. The molecule has 0 atom stereocenters. The quantitative estimate of drug-likeness (QED) is 0.925. The number of anilines is 1. The van der Waals surface area contributed by atoms with E-state index in [1.54, 1.807) is 0 Å². The molecule has 0 bridgehead atoms. The maximum atomic E-state index is 12.5. The Kier molecular flexibility index (Phi) is 4.88. The zero-order valence-corrected chi connectivity index (χ0v) is 15.1. The molecule has 25 heavy (non-hydrogen) atoms. The molecule has 130 valence electrons. The third-order valence-electron chi connectivity index (χ3n) is 4.62. The lowest BCUT2D eigenvalue weighted by molar-refractivity contribution is -0.131. The highest BCUT2D eigenvalue weighted by atomic mass is 16.2. The second kappa shape index (κ2) is 7.09. The predicted molar refractivity (Wildman–Crippen MR) is 99.7 cm³/mol. The van der Waals surface area contributed by atoms with Crippen LogP contribution in [-0.2, 0) is 17.8 Å². The molecule has 0 saturated carbocycles. The van der Waals surface area contributed by atoms with Crippen LogP contribution in [0.1, 0.15) is 46.0 Å². The average Bonchev–Trinajstić information content (AvgIpc) is 2.59. The van der Waals surface area contributed by atoms with Crippen LogP contribution >= 0.6 is 0 Å². The van der Waals surface area contributed by atoms with E-state index in [1.807, 2.05) is 49.9 Å². The molecule has 1 N–H and O–H groups in total. The van der Waals surface area contributed by atoms with E-state index in [0.717, 1.165) is 35.3 Å². The second-order valence-corrected chi connectivity index (χ2v) is 6.73. The van der Waals surface area contributed by atoms with Crippen LogP contribution in [0.3, 0.4) is 0 Å². The molecule has 1 aliphatic rings. The van der Waals surface area contributed by atoms with Gasteiger partial charge in [-0.05, 0) is 55.7 Å². The van der Waals surface area contributed by atoms with Crippen molar-refractivity contribution in [3.05, 3.63) is 64.2 Å². The molecule has 3 rings (SSSR count). The summed E-state index contributed by atoms with van der Waals surface area (Å²) in [5.74, 6) is 0.0689. The van der Waals surface area contributed by atoms with E-state index in [2.05, 4.69) is 17.4 Å². The third kappa shape index (κ3) is 3.90. The molecule has 0 saturated heterocycles. The van der Waals surface area contributed by atoms with Crippen molar-refractivity contribution < 1.29 is 9.59 Å². The lowest BCUT2D eigenvalue weighted by atomic mass is 9.98. The topological polar surface area (TPSA) is 49.4 Å². The zero-order chi connectivity index (χ0) is 18.0. The molecule has 0 fully saturated rings. The molecular weight excluding hydrogens is 312 g/mol. The summed E-state index contributed by atoms with van der Waals surface area (Å²) < 4.78 is 0. The van der Waals surface area contributed by atoms with Gasteiger partial charge in [0.25, 0.3) is 5.91 Å². The fourth-order valence-corrected chi connectivity index (χ4v) is 3.38. The smallest absolute Gasteiger partial charge is 0.255 e. The van der Waals surface area contributed by atoms with Crippen molar-refractivity contribution in [2.75, 3.05) is 11.9 Å². The monoisotopic (exact) mass is 336 g/mol. The number of benzene rings is 2. The first kappa shape index (κ1) is 17.2. The van der Waals surface area contributed by atoms with Gasteiger partial charge in [-0.15, -0.1) is 0 Å². The lowest BCUT2D eigenvalue weighted by Gasteiger charge is -2.29. The summed E-state index contributed by atoms with van der Waals surface area (Å²) in [5, 5.41) is 2.98. The number of rotatable bonds is 3. The molecule has 4 nitrogen and oxygen atoms in total. The molecule has 1 aliphatic heterocycles. The van der Waals surface area contributed by atoms with Crippen molar-refractivity contribution in [2.24, 2.45) is 0 Å². The van der Waals surface area contributed by atoms with Crippen LogP contribution in [-0.4, -0.2) is 23.3 Å². The second-order valence-electron chi connectivity index (χ2n) is 6.73. The van der Waals surface area contributed by atoms with E-state index < -0.39 is 0 Å². The minimum absolute atomic E-state index is 0.107. The number of nitrogens with zero attached hydrogens (tertiary/aromatic N) is 1. The molecule has 1 heterocycles. The van der Waals surface area contributed by atoms with Gasteiger partial charge in [-0.3, -0.25) is 9.59 Å². The Morgan fingerprint density at radius 2 is 1.76 bits per heavy atom. The number of amides is 2. The fourth-order valence-electron chi connectivity index (χ4n) is 3.38. The van der Waals surface area contributed by atoms with E-state index in [9.17, 15) is 9.59 Å². The molecule has 2 aromatic carbocycles. The molecule has 0 aromatic heterocycles. The number of hydrogen-bond donors (Lipinski definition) is 1. The molecule has 0 spiro atoms. The molecule has 4 heteroatoms. The Bertz CT molecular complexity index is 806. The van der Waals surface area contributed by atoms with Crippen molar-refractivity contribution >= 4 is 17.5 Å². The summed E-state index contributed by atoms with van der Waals surface area (Å²) in [6, 6.07) is 11.8. The van der Waals surface area contributed by atoms with Gasteiger partial charge in [-0.1, -0.05) is 30.2 Å². The minimum Gasteiger partial charge on any atom is -0.338 e. The van der Waals surface area contributed by atoms with E-state index in [-0.39, 0.29) is 11.8 Å². The maximum absolute atomic E-state index is 12.5. The fraction of sp³-hybridized carbons (Fsp3) is 0.333. The van der Waals surface area contributed by atoms with Gasteiger partial charge in [-0.2, -0.15) is 0 Å². The van der Waals surface area contributed by atoms with Crippen molar-refractivity contribution in [1.29, 1.82) is 0 Å². The number of carbonyl (C=O) groups excluding carboxylic acids is 2. The van der Waals surface area contributed by atoms with Gasteiger partial charge in [0.05, 0.1) is 0 Å². The molecule has 0 radical (unpaired) electrons. The van der Waals surface area contributed by atoms with Crippen molar-refractivity contribution in [2.45, 2.75) is 40.2 Å². The third-order valence-corrected chi connectivity index (χ3v) is 4.62.